The number of primary amides is 2. The normalized spacial score (nSPS) is 13.9. The minimum Gasteiger partial charge on any atom is -0.480 e. The summed E-state index contributed by atoms with van der Waals surface area (Å²) in [6.45, 7) is 0.447. The molecule has 0 radical (unpaired) electrons. The quantitative estimate of drug-likeness (QED) is 0.148. The van der Waals surface area contributed by atoms with Gasteiger partial charge in [-0.15, -0.1) is 0 Å². The van der Waals surface area contributed by atoms with Gasteiger partial charge in [0.2, 0.25) is 23.6 Å². The van der Waals surface area contributed by atoms with E-state index < -0.39 is 54.1 Å². The largest absolute Gasteiger partial charge is 0.480 e. The molecule has 0 aliphatic heterocycles. The SMILES string of the molecule is NCCCC[C@H](N)C(=O)N[C@@H](CC(N)=O)C(=O)N[C@@H](CCC(N)=O)C(=O)O. The molecule has 0 saturated carbocycles. The van der Waals surface area contributed by atoms with Crippen LogP contribution >= 0.6 is 0 Å². The van der Waals surface area contributed by atoms with Crippen LogP contribution in [0.1, 0.15) is 38.5 Å². The van der Waals surface area contributed by atoms with Crippen LogP contribution in [0.5, 0.6) is 0 Å². The maximum absolute atomic E-state index is 12.3. The number of hydrogen-bond donors (Lipinski definition) is 7. The van der Waals surface area contributed by atoms with Crippen LogP contribution in [-0.2, 0) is 24.0 Å². The van der Waals surface area contributed by atoms with Gasteiger partial charge in [0.1, 0.15) is 12.1 Å². The molecule has 27 heavy (non-hydrogen) atoms. The molecule has 4 amide bonds. The van der Waals surface area contributed by atoms with Crippen molar-refractivity contribution in [2.24, 2.45) is 22.9 Å². The predicted octanol–water partition coefficient (Wildman–Crippen LogP) is -3.36. The third-order valence-electron chi connectivity index (χ3n) is 3.64. The van der Waals surface area contributed by atoms with Crippen LogP contribution in [0, 0.1) is 0 Å². The zero-order chi connectivity index (χ0) is 21.0. The van der Waals surface area contributed by atoms with Crippen molar-refractivity contribution < 1.29 is 29.1 Å². The summed E-state index contributed by atoms with van der Waals surface area (Å²) in [5.74, 6) is -4.63. The number of nitrogens with two attached hydrogens (primary N) is 4. The first-order valence-corrected chi connectivity index (χ1v) is 8.44. The summed E-state index contributed by atoms with van der Waals surface area (Å²) < 4.78 is 0. The first-order chi connectivity index (χ1) is 12.6. The van der Waals surface area contributed by atoms with Gasteiger partial charge in [0, 0.05) is 6.42 Å². The molecule has 0 rings (SSSR count). The summed E-state index contributed by atoms with van der Waals surface area (Å²) in [6, 6.07) is -3.74. The molecule has 0 saturated heterocycles. The summed E-state index contributed by atoms with van der Waals surface area (Å²) >= 11 is 0. The lowest BCUT2D eigenvalue weighted by molar-refractivity contribution is -0.142. The number of carboxylic acids is 1. The fraction of sp³-hybridized carbons (Fsp3) is 0.667. The molecular weight excluding hydrogens is 360 g/mol. The van der Waals surface area contributed by atoms with Gasteiger partial charge < -0.3 is 38.7 Å². The lowest BCUT2D eigenvalue weighted by Crippen LogP contribution is -2.55. The Morgan fingerprint density at radius 1 is 0.852 bits per heavy atom. The van der Waals surface area contributed by atoms with Gasteiger partial charge in [0.05, 0.1) is 12.5 Å². The first-order valence-electron chi connectivity index (χ1n) is 8.44. The number of amides is 4. The second kappa shape index (κ2) is 12.6. The van der Waals surface area contributed by atoms with Crippen molar-refractivity contribution in [2.75, 3.05) is 6.54 Å². The molecule has 0 bridgehead atoms. The first kappa shape index (κ1) is 24.3. The summed E-state index contributed by atoms with van der Waals surface area (Å²) in [6.07, 6.45) is 0.542. The Labute approximate surface area is 156 Å². The minimum atomic E-state index is -1.42. The Morgan fingerprint density at radius 3 is 1.93 bits per heavy atom. The molecule has 0 aliphatic carbocycles. The monoisotopic (exact) mass is 388 g/mol. The van der Waals surface area contributed by atoms with Gasteiger partial charge in [-0.3, -0.25) is 19.2 Å². The molecule has 12 nitrogen and oxygen atoms in total. The van der Waals surface area contributed by atoms with Crippen molar-refractivity contribution in [3.63, 3.8) is 0 Å². The Balaban J connectivity index is 4.96. The molecule has 0 aliphatic rings. The highest BCUT2D eigenvalue weighted by Crippen LogP contribution is 2.03. The number of unbranched alkanes of at least 4 members (excludes halogenated alkanes) is 1. The maximum atomic E-state index is 12.3. The van der Waals surface area contributed by atoms with Crippen molar-refractivity contribution in [3.05, 3.63) is 0 Å². The van der Waals surface area contributed by atoms with E-state index in [0.29, 0.717) is 25.8 Å². The summed E-state index contributed by atoms with van der Waals surface area (Å²) in [5.41, 5.74) is 21.1. The number of nitrogens with one attached hydrogen (secondary N) is 2. The number of rotatable bonds is 14. The fourth-order valence-corrected chi connectivity index (χ4v) is 2.15. The Kier molecular flexibility index (Phi) is 11.3. The molecule has 0 heterocycles. The molecule has 0 aromatic heterocycles. The van der Waals surface area contributed by atoms with Crippen molar-refractivity contribution >= 4 is 29.6 Å². The average molecular weight is 388 g/mol. The van der Waals surface area contributed by atoms with Crippen LogP contribution in [0.15, 0.2) is 0 Å². The van der Waals surface area contributed by atoms with Gasteiger partial charge in [-0.2, -0.15) is 0 Å². The summed E-state index contributed by atoms with van der Waals surface area (Å²) in [7, 11) is 0. The fourth-order valence-electron chi connectivity index (χ4n) is 2.15. The van der Waals surface area contributed by atoms with Crippen LogP contribution < -0.4 is 33.6 Å². The van der Waals surface area contributed by atoms with E-state index in [0.717, 1.165) is 0 Å². The third-order valence-corrected chi connectivity index (χ3v) is 3.64. The Morgan fingerprint density at radius 2 is 1.44 bits per heavy atom. The predicted molar refractivity (Wildman–Crippen MR) is 94.6 cm³/mol. The van der Waals surface area contributed by atoms with E-state index in [1.54, 1.807) is 0 Å². The van der Waals surface area contributed by atoms with Crippen molar-refractivity contribution in [1.82, 2.24) is 10.6 Å². The molecule has 0 spiro atoms. The van der Waals surface area contributed by atoms with Crippen LogP contribution in [0.4, 0.5) is 0 Å². The summed E-state index contributed by atoms with van der Waals surface area (Å²) in [4.78, 5) is 57.5. The number of aliphatic carboxylic acids is 1. The lowest BCUT2D eigenvalue weighted by Gasteiger charge is -2.22. The highest BCUT2D eigenvalue weighted by molar-refractivity contribution is 5.94. The van der Waals surface area contributed by atoms with Crippen LogP contribution in [-0.4, -0.2) is 59.4 Å². The van der Waals surface area contributed by atoms with Crippen molar-refractivity contribution in [1.29, 1.82) is 0 Å². The molecule has 3 atom stereocenters. The Bertz CT molecular complexity index is 555. The number of carbonyl (C=O) groups is 5. The van der Waals surface area contributed by atoms with Crippen molar-refractivity contribution in [3.8, 4) is 0 Å². The minimum absolute atomic E-state index is 0.244. The summed E-state index contributed by atoms with van der Waals surface area (Å²) in [5, 5.41) is 13.6. The van der Waals surface area contributed by atoms with E-state index in [9.17, 15) is 24.0 Å². The maximum Gasteiger partial charge on any atom is 0.326 e. The Hall–Kier alpha value is -2.73. The number of carboxylic acid groups (broad SMARTS) is 1. The van der Waals surface area contributed by atoms with E-state index in [4.69, 9.17) is 28.0 Å². The van der Waals surface area contributed by atoms with Crippen LogP contribution in [0.2, 0.25) is 0 Å². The van der Waals surface area contributed by atoms with Crippen molar-refractivity contribution in [2.45, 2.75) is 56.7 Å². The number of carbonyl (C=O) groups excluding carboxylic acids is 4. The van der Waals surface area contributed by atoms with E-state index in [1.807, 2.05) is 0 Å². The molecular formula is C15H28N6O6. The van der Waals surface area contributed by atoms with Gasteiger partial charge >= 0.3 is 5.97 Å². The van der Waals surface area contributed by atoms with Crippen LogP contribution in [0.25, 0.3) is 0 Å². The molecule has 0 unspecified atom stereocenters. The van der Waals surface area contributed by atoms with E-state index in [-0.39, 0.29) is 12.8 Å². The third kappa shape index (κ3) is 10.8. The number of hydrogen-bond acceptors (Lipinski definition) is 7. The second-order valence-corrected chi connectivity index (χ2v) is 6.03. The molecule has 11 N–H and O–H groups in total. The standard InChI is InChI=1S/C15H28N6O6/c16-6-2-1-3-8(17)13(24)21-10(7-12(19)23)14(25)20-9(15(26)27)4-5-11(18)22/h8-10H,1-7,16-17H2,(H2,18,22)(H2,19,23)(H,20,25)(H,21,24)(H,26,27)/t8-,9-,10-/m0/s1. The molecule has 154 valence electrons. The molecule has 0 aromatic rings. The highest BCUT2D eigenvalue weighted by Gasteiger charge is 2.29. The highest BCUT2D eigenvalue weighted by atomic mass is 16.4. The van der Waals surface area contributed by atoms with E-state index in [2.05, 4.69) is 10.6 Å². The van der Waals surface area contributed by atoms with E-state index >= 15 is 0 Å². The second-order valence-electron chi connectivity index (χ2n) is 6.03. The molecule has 12 heteroatoms. The van der Waals surface area contributed by atoms with E-state index in [1.165, 1.54) is 0 Å². The van der Waals surface area contributed by atoms with Crippen LogP contribution in [0.3, 0.4) is 0 Å². The smallest absolute Gasteiger partial charge is 0.326 e. The molecule has 0 aromatic carbocycles. The average Bonchev–Trinajstić information content (AvgIpc) is 2.56. The van der Waals surface area contributed by atoms with Gasteiger partial charge in [0.15, 0.2) is 0 Å². The van der Waals surface area contributed by atoms with Gasteiger partial charge in [-0.05, 0) is 25.8 Å². The lowest BCUT2D eigenvalue weighted by atomic mass is 10.1. The van der Waals surface area contributed by atoms with Gasteiger partial charge in [-0.1, -0.05) is 6.42 Å². The topological polar surface area (TPSA) is 234 Å². The molecule has 0 fully saturated rings. The van der Waals surface area contributed by atoms with Gasteiger partial charge in [0.25, 0.3) is 0 Å². The zero-order valence-electron chi connectivity index (χ0n) is 15.0. The van der Waals surface area contributed by atoms with Gasteiger partial charge in [-0.25, -0.2) is 4.79 Å². The zero-order valence-corrected chi connectivity index (χ0v) is 15.0.